The summed E-state index contributed by atoms with van der Waals surface area (Å²) in [7, 11) is 0. The molecule has 1 aliphatic heterocycles. The van der Waals surface area contributed by atoms with E-state index in [2.05, 4.69) is 5.32 Å². The van der Waals surface area contributed by atoms with Crippen LogP contribution in [0.4, 0.5) is 16.2 Å². The van der Waals surface area contributed by atoms with Crippen molar-refractivity contribution < 1.29 is 14.3 Å². The monoisotopic (exact) mass is 495 g/mol. The number of para-hydroxylation sites is 1. The van der Waals surface area contributed by atoms with E-state index in [0.29, 0.717) is 0 Å². The predicted octanol–water partition coefficient (Wildman–Crippen LogP) is 7.18. The molecule has 1 aromatic heterocycles. The van der Waals surface area contributed by atoms with E-state index in [9.17, 15) is 9.59 Å². The van der Waals surface area contributed by atoms with Gasteiger partial charge in [0.05, 0.1) is 23.1 Å². The molecule has 8 heteroatoms. The molecule has 4 rings (SSSR count). The second-order valence-electron chi connectivity index (χ2n) is 9.55. The number of carbonyl (C=O) groups excluding carboxylic acids is 2. The first kappa shape index (κ1) is 24.3. The molecule has 1 atom stereocenters. The molecule has 34 heavy (non-hydrogen) atoms. The zero-order chi connectivity index (χ0) is 24.6. The number of alkyl carbamates (subject to hydrolysis) is 1. The van der Waals surface area contributed by atoms with Crippen LogP contribution in [-0.2, 0) is 9.53 Å². The predicted molar refractivity (Wildman–Crippen MR) is 138 cm³/mol. The van der Waals surface area contributed by atoms with E-state index in [-0.39, 0.29) is 17.9 Å². The number of benzene rings is 2. The summed E-state index contributed by atoms with van der Waals surface area (Å²) in [5, 5.41) is 5.78. The molecule has 2 amide bonds. The van der Waals surface area contributed by atoms with Crippen molar-refractivity contribution in [1.82, 2.24) is 10.3 Å². The van der Waals surface area contributed by atoms with E-state index < -0.39 is 11.7 Å². The number of anilines is 2. The summed E-state index contributed by atoms with van der Waals surface area (Å²) in [6.07, 6.45) is -0.454. The highest BCUT2D eigenvalue weighted by molar-refractivity contribution is 7.99. The van der Waals surface area contributed by atoms with Gasteiger partial charge in [-0.1, -0.05) is 43.8 Å². The summed E-state index contributed by atoms with van der Waals surface area (Å²) in [4.78, 5) is 33.7. The van der Waals surface area contributed by atoms with Crippen molar-refractivity contribution in [2.45, 2.75) is 63.0 Å². The molecule has 1 N–H and O–H groups in total. The van der Waals surface area contributed by atoms with Crippen molar-refractivity contribution in [1.29, 1.82) is 0 Å². The van der Waals surface area contributed by atoms with Crippen molar-refractivity contribution in [3.8, 4) is 11.3 Å². The fourth-order valence-corrected chi connectivity index (χ4v) is 5.85. The van der Waals surface area contributed by atoms with E-state index in [1.54, 1.807) is 23.6 Å². The third-order valence-corrected chi connectivity index (χ3v) is 7.32. The summed E-state index contributed by atoms with van der Waals surface area (Å²) < 4.78 is 5.44. The molecular weight excluding hydrogens is 466 g/mol. The van der Waals surface area contributed by atoms with Crippen molar-refractivity contribution in [2.24, 2.45) is 5.92 Å². The highest BCUT2D eigenvalue weighted by atomic mass is 32.2. The van der Waals surface area contributed by atoms with Crippen LogP contribution in [0.2, 0.25) is 0 Å². The Morgan fingerprint density at radius 1 is 1.06 bits per heavy atom. The van der Waals surface area contributed by atoms with Crippen LogP contribution in [0.25, 0.3) is 11.3 Å². The van der Waals surface area contributed by atoms with E-state index in [4.69, 9.17) is 9.72 Å². The Morgan fingerprint density at radius 3 is 2.44 bits per heavy atom. The van der Waals surface area contributed by atoms with Gasteiger partial charge in [-0.15, -0.1) is 11.3 Å². The molecule has 0 bridgehead atoms. The lowest BCUT2D eigenvalue weighted by Gasteiger charge is -2.30. The van der Waals surface area contributed by atoms with Gasteiger partial charge in [0.15, 0.2) is 0 Å². The Bertz CT molecular complexity index is 1230. The molecule has 0 spiro atoms. The standard InChI is InChI=1S/C26H29N3O3S2/c1-15(2)23(28-25(31)32-26(4,5)6)24-27-18(14-33-24)17-11-12-22-20(13-17)29(16(3)30)19-9-7-8-10-21(19)34-22/h7-15,23H,1-6H3,(H,28,31)/t23-/m1/s1. The van der Waals surface area contributed by atoms with Crippen molar-refractivity contribution >= 4 is 46.5 Å². The molecule has 0 radical (unpaired) electrons. The molecule has 178 valence electrons. The minimum Gasteiger partial charge on any atom is -0.444 e. The highest BCUT2D eigenvalue weighted by Crippen LogP contribution is 2.49. The number of rotatable bonds is 4. The van der Waals surface area contributed by atoms with Gasteiger partial charge in [-0.3, -0.25) is 9.69 Å². The summed E-state index contributed by atoms with van der Waals surface area (Å²) >= 11 is 3.17. The second-order valence-corrected chi connectivity index (χ2v) is 11.5. The van der Waals surface area contributed by atoms with Crippen molar-refractivity contribution in [3.05, 3.63) is 52.9 Å². The minimum absolute atomic E-state index is 0.0356. The molecule has 6 nitrogen and oxygen atoms in total. The minimum atomic E-state index is -0.567. The van der Waals surface area contributed by atoms with Gasteiger partial charge in [-0.25, -0.2) is 9.78 Å². The zero-order valence-electron chi connectivity index (χ0n) is 20.2. The van der Waals surface area contributed by atoms with Gasteiger partial charge in [-0.05, 0) is 51.0 Å². The Kier molecular flexibility index (Phi) is 6.73. The van der Waals surface area contributed by atoms with Crippen LogP contribution in [0.15, 0.2) is 57.6 Å². The molecular formula is C26H29N3O3S2. The Morgan fingerprint density at radius 2 is 1.76 bits per heavy atom. The van der Waals surface area contributed by atoms with Gasteiger partial charge >= 0.3 is 6.09 Å². The molecule has 0 saturated carbocycles. The number of amides is 2. The van der Waals surface area contributed by atoms with E-state index in [1.807, 2.05) is 82.5 Å². The van der Waals surface area contributed by atoms with Crippen LogP contribution < -0.4 is 10.2 Å². The lowest BCUT2D eigenvalue weighted by molar-refractivity contribution is -0.115. The normalized spacial score (nSPS) is 13.8. The van der Waals surface area contributed by atoms with Crippen LogP contribution in [0.3, 0.4) is 0 Å². The van der Waals surface area contributed by atoms with Crippen LogP contribution in [0, 0.1) is 5.92 Å². The van der Waals surface area contributed by atoms with Crippen LogP contribution in [0.1, 0.15) is 52.6 Å². The molecule has 1 aliphatic rings. The molecule has 2 aromatic carbocycles. The lowest BCUT2D eigenvalue weighted by Crippen LogP contribution is -2.36. The number of carbonyl (C=O) groups is 2. The topological polar surface area (TPSA) is 71.5 Å². The summed E-state index contributed by atoms with van der Waals surface area (Å²) in [6.45, 7) is 11.2. The number of thiazole rings is 1. The van der Waals surface area contributed by atoms with Crippen LogP contribution >= 0.6 is 23.1 Å². The maximum absolute atomic E-state index is 12.6. The van der Waals surface area contributed by atoms with Crippen LogP contribution in [0.5, 0.6) is 0 Å². The molecule has 2 heterocycles. The SMILES string of the molecule is CC(=O)N1c2ccccc2Sc2ccc(-c3csc([C@H](NC(=O)OC(C)(C)C)C(C)C)n3)cc21. The van der Waals surface area contributed by atoms with Gasteiger partial charge in [0.25, 0.3) is 0 Å². The van der Waals surface area contributed by atoms with Crippen LogP contribution in [-0.4, -0.2) is 22.6 Å². The quantitative estimate of drug-likeness (QED) is 0.415. The fourth-order valence-electron chi connectivity index (χ4n) is 3.76. The fraction of sp³-hybridized carbons (Fsp3) is 0.346. The van der Waals surface area contributed by atoms with Gasteiger partial charge in [0.1, 0.15) is 10.6 Å². The number of hydrogen-bond donors (Lipinski definition) is 1. The maximum Gasteiger partial charge on any atom is 0.408 e. The van der Waals surface area contributed by atoms with Gasteiger partial charge in [0, 0.05) is 27.7 Å². The van der Waals surface area contributed by atoms with E-state index >= 15 is 0 Å². The largest absolute Gasteiger partial charge is 0.444 e. The average Bonchev–Trinajstić information content (AvgIpc) is 3.23. The zero-order valence-corrected chi connectivity index (χ0v) is 21.8. The number of ether oxygens (including phenoxy) is 1. The first-order chi connectivity index (χ1) is 16.0. The average molecular weight is 496 g/mol. The van der Waals surface area contributed by atoms with E-state index in [0.717, 1.165) is 37.4 Å². The molecule has 0 fully saturated rings. The van der Waals surface area contributed by atoms with E-state index in [1.165, 1.54) is 11.3 Å². The molecule has 0 unspecified atom stereocenters. The Labute approximate surface area is 208 Å². The number of aromatic nitrogens is 1. The van der Waals surface area contributed by atoms with Gasteiger partial charge < -0.3 is 10.1 Å². The number of nitrogens with one attached hydrogen (secondary N) is 1. The number of fused-ring (bicyclic) bond motifs is 2. The third kappa shape index (κ3) is 5.13. The lowest BCUT2D eigenvalue weighted by atomic mass is 10.1. The summed E-state index contributed by atoms with van der Waals surface area (Å²) in [5.74, 6) is 0.0997. The summed E-state index contributed by atoms with van der Waals surface area (Å²) in [6, 6.07) is 13.8. The molecule has 3 aromatic rings. The number of hydrogen-bond acceptors (Lipinski definition) is 6. The Hall–Kier alpha value is -2.84. The van der Waals surface area contributed by atoms with Gasteiger partial charge in [0.2, 0.25) is 5.91 Å². The first-order valence-electron chi connectivity index (χ1n) is 11.2. The maximum atomic E-state index is 12.6. The molecule has 0 aliphatic carbocycles. The number of nitrogens with zero attached hydrogens (tertiary/aromatic N) is 2. The molecule has 0 saturated heterocycles. The summed E-state index contributed by atoms with van der Waals surface area (Å²) in [5.41, 5.74) is 2.92. The van der Waals surface area contributed by atoms with Crippen molar-refractivity contribution in [3.63, 3.8) is 0 Å². The van der Waals surface area contributed by atoms with Gasteiger partial charge in [-0.2, -0.15) is 0 Å². The Balaban J connectivity index is 1.64. The third-order valence-electron chi connectivity index (χ3n) is 5.26. The smallest absolute Gasteiger partial charge is 0.408 e. The first-order valence-corrected chi connectivity index (χ1v) is 12.9. The van der Waals surface area contributed by atoms with Crippen molar-refractivity contribution in [2.75, 3.05) is 4.90 Å². The highest BCUT2D eigenvalue weighted by Gasteiger charge is 2.28. The second kappa shape index (κ2) is 9.43.